The average Bonchev–Trinajstić information content (AvgIpc) is 2.39. The third-order valence-electron chi connectivity index (χ3n) is 3.43. The molecule has 0 aliphatic rings. The van der Waals surface area contributed by atoms with Crippen LogP contribution in [0.1, 0.15) is 62.4 Å². The molecule has 17 heavy (non-hydrogen) atoms. The van der Waals surface area contributed by atoms with Gasteiger partial charge >= 0.3 is 0 Å². The van der Waals surface area contributed by atoms with Gasteiger partial charge in [0, 0.05) is 11.5 Å². The summed E-state index contributed by atoms with van der Waals surface area (Å²) >= 11 is 0. The van der Waals surface area contributed by atoms with Crippen LogP contribution in [0.25, 0.3) is 0 Å². The van der Waals surface area contributed by atoms with Gasteiger partial charge in [-0.3, -0.25) is 4.79 Å². The van der Waals surface area contributed by atoms with Crippen molar-refractivity contribution in [3.05, 3.63) is 35.4 Å². The molecule has 1 heteroatoms. The van der Waals surface area contributed by atoms with E-state index in [0.717, 1.165) is 31.2 Å². The number of hydrogen-bond acceptors (Lipinski definition) is 1. The van der Waals surface area contributed by atoms with E-state index in [0.29, 0.717) is 5.78 Å². The predicted octanol–water partition coefficient (Wildman–Crippen LogP) is 4.65. The molecule has 1 atom stereocenters. The van der Waals surface area contributed by atoms with Gasteiger partial charge in [0.05, 0.1) is 0 Å². The van der Waals surface area contributed by atoms with E-state index < -0.39 is 0 Å². The largest absolute Gasteiger partial charge is 0.294 e. The Morgan fingerprint density at radius 3 is 2.47 bits per heavy atom. The summed E-state index contributed by atoms with van der Waals surface area (Å²) < 4.78 is 0. The number of rotatable bonds is 7. The highest BCUT2D eigenvalue weighted by molar-refractivity contribution is 5.99. The lowest BCUT2D eigenvalue weighted by Gasteiger charge is -2.15. The predicted molar refractivity (Wildman–Crippen MR) is 73.5 cm³/mol. The molecular weight excluding hydrogens is 208 g/mol. The molecule has 1 unspecified atom stereocenters. The number of carbonyl (C=O) groups excluding carboxylic acids is 1. The monoisotopic (exact) mass is 232 g/mol. The first-order chi connectivity index (χ1) is 8.24. The fourth-order valence-corrected chi connectivity index (χ4v) is 2.26. The van der Waals surface area contributed by atoms with E-state index >= 15 is 0 Å². The van der Waals surface area contributed by atoms with Crippen LogP contribution in [0.2, 0.25) is 0 Å². The highest BCUT2D eigenvalue weighted by Crippen LogP contribution is 2.21. The Hall–Kier alpha value is -1.11. The number of carbonyl (C=O) groups is 1. The van der Waals surface area contributed by atoms with Crippen LogP contribution in [0, 0.1) is 5.92 Å². The van der Waals surface area contributed by atoms with Crippen LogP contribution >= 0.6 is 0 Å². The molecule has 0 spiro atoms. The third kappa shape index (κ3) is 3.69. The van der Waals surface area contributed by atoms with Crippen molar-refractivity contribution in [2.24, 2.45) is 5.92 Å². The molecule has 0 aromatic heterocycles. The minimum absolute atomic E-state index is 0.211. The molecule has 1 aromatic rings. The van der Waals surface area contributed by atoms with E-state index in [1.54, 1.807) is 0 Å². The zero-order chi connectivity index (χ0) is 12.7. The number of hydrogen-bond donors (Lipinski definition) is 0. The van der Waals surface area contributed by atoms with Crippen molar-refractivity contribution in [3.63, 3.8) is 0 Å². The topological polar surface area (TPSA) is 17.1 Å². The van der Waals surface area contributed by atoms with E-state index in [4.69, 9.17) is 0 Å². The molecule has 0 bridgehead atoms. The molecule has 94 valence electrons. The fourth-order valence-electron chi connectivity index (χ4n) is 2.26. The lowest BCUT2D eigenvalue weighted by Crippen LogP contribution is -2.15. The first-order valence-electron chi connectivity index (χ1n) is 6.86. The SMILES string of the molecule is CCCCC(CC)C(=O)c1ccccc1CC. The Kier molecular flexibility index (Phi) is 5.96. The van der Waals surface area contributed by atoms with Gasteiger partial charge in [-0.2, -0.15) is 0 Å². The molecule has 0 saturated heterocycles. The van der Waals surface area contributed by atoms with Gasteiger partial charge < -0.3 is 0 Å². The molecule has 0 saturated carbocycles. The number of unbranched alkanes of at least 4 members (excludes halogenated alkanes) is 1. The molecule has 0 radical (unpaired) electrons. The van der Waals surface area contributed by atoms with Crippen molar-refractivity contribution in [2.75, 3.05) is 0 Å². The highest BCUT2D eigenvalue weighted by Gasteiger charge is 2.19. The van der Waals surface area contributed by atoms with E-state index in [2.05, 4.69) is 26.8 Å². The molecule has 1 aromatic carbocycles. The minimum Gasteiger partial charge on any atom is -0.294 e. The molecule has 0 fully saturated rings. The third-order valence-corrected chi connectivity index (χ3v) is 3.43. The van der Waals surface area contributed by atoms with Crippen LogP contribution in [0.4, 0.5) is 0 Å². The van der Waals surface area contributed by atoms with Crippen molar-refractivity contribution < 1.29 is 4.79 Å². The Labute approximate surface area is 105 Å². The Morgan fingerprint density at radius 1 is 1.18 bits per heavy atom. The van der Waals surface area contributed by atoms with Crippen LogP contribution < -0.4 is 0 Å². The van der Waals surface area contributed by atoms with E-state index in [1.807, 2.05) is 18.2 Å². The smallest absolute Gasteiger partial charge is 0.166 e. The second-order valence-corrected chi connectivity index (χ2v) is 4.62. The Bertz CT molecular complexity index is 354. The number of benzene rings is 1. The Balaban J connectivity index is 2.85. The summed E-state index contributed by atoms with van der Waals surface area (Å²) in [5.74, 6) is 0.557. The van der Waals surface area contributed by atoms with Gasteiger partial charge in [-0.25, -0.2) is 0 Å². The van der Waals surface area contributed by atoms with Gasteiger partial charge in [0.1, 0.15) is 0 Å². The van der Waals surface area contributed by atoms with Gasteiger partial charge in [-0.15, -0.1) is 0 Å². The first kappa shape index (κ1) is 14.0. The van der Waals surface area contributed by atoms with Gasteiger partial charge in [-0.05, 0) is 24.8 Å². The number of aryl methyl sites for hydroxylation is 1. The summed E-state index contributed by atoms with van der Waals surface area (Å²) in [4.78, 5) is 12.5. The van der Waals surface area contributed by atoms with Gasteiger partial charge in [0.2, 0.25) is 0 Å². The maximum absolute atomic E-state index is 12.5. The van der Waals surface area contributed by atoms with Crippen molar-refractivity contribution >= 4 is 5.78 Å². The van der Waals surface area contributed by atoms with Crippen molar-refractivity contribution in [3.8, 4) is 0 Å². The standard InChI is InChI=1S/C16H24O/c1-4-7-10-14(6-3)16(17)15-12-9-8-11-13(15)5-2/h8-9,11-12,14H,4-7,10H2,1-3H3. The number of ketones is 1. The van der Waals surface area contributed by atoms with Crippen LogP contribution in [0.5, 0.6) is 0 Å². The number of Topliss-reactive ketones (excluding diaryl/α,β-unsaturated/α-hetero) is 1. The lowest BCUT2D eigenvalue weighted by molar-refractivity contribution is 0.0907. The van der Waals surface area contributed by atoms with Crippen molar-refractivity contribution in [1.82, 2.24) is 0 Å². The lowest BCUT2D eigenvalue weighted by atomic mass is 9.88. The van der Waals surface area contributed by atoms with E-state index in [1.165, 1.54) is 12.0 Å². The van der Waals surface area contributed by atoms with Crippen LogP contribution in [0.15, 0.2) is 24.3 Å². The van der Waals surface area contributed by atoms with Crippen LogP contribution in [0.3, 0.4) is 0 Å². The molecule has 0 heterocycles. The average molecular weight is 232 g/mol. The molecule has 0 aliphatic heterocycles. The summed E-state index contributed by atoms with van der Waals surface area (Å²) in [5, 5.41) is 0. The molecule has 1 rings (SSSR count). The van der Waals surface area contributed by atoms with Crippen LogP contribution in [-0.2, 0) is 6.42 Å². The van der Waals surface area contributed by atoms with E-state index in [9.17, 15) is 4.79 Å². The van der Waals surface area contributed by atoms with Gasteiger partial charge in [-0.1, -0.05) is 57.9 Å². The maximum Gasteiger partial charge on any atom is 0.166 e. The normalized spacial score (nSPS) is 12.4. The molecular formula is C16H24O. The second kappa shape index (κ2) is 7.26. The summed E-state index contributed by atoms with van der Waals surface area (Å²) in [6, 6.07) is 8.04. The van der Waals surface area contributed by atoms with E-state index in [-0.39, 0.29) is 5.92 Å². The van der Waals surface area contributed by atoms with Crippen LogP contribution in [-0.4, -0.2) is 5.78 Å². The van der Waals surface area contributed by atoms with Gasteiger partial charge in [0.25, 0.3) is 0 Å². The summed E-state index contributed by atoms with van der Waals surface area (Å²) in [5.41, 5.74) is 2.13. The van der Waals surface area contributed by atoms with Crippen molar-refractivity contribution in [2.45, 2.75) is 52.9 Å². The second-order valence-electron chi connectivity index (χ2n) is 4.62. The zero-order valence-corrected chi connectivity index (χ0v) is 11.3. The quantitative estimate of drug-likeness (QED) is 0.625. The molecule has 1 nitrogen and oxygen atoms in total. The summed E-state index contributed by atoms with van der Waals surface area (Å²) in [6.45, 7) is 6.41. The highest BCUT2D eigenvalue weighted by atomic mass is 16.1. The molecule has 0 aliphatic carbocycles. The Morgan fingerprint density at radius 2 is 1.88 bits per heavy atom. The summed E-state index contributed by atoms with van der Waals surface area (Å²) in [6.07, 6.45) is 5.24. The molecule has 0 N–H and O–H groups in total. The van der Waals surface area contributed by atoms with Gasteiger partial charge in [0.15, 0.2) is 5.78 Å². The minimum atomic E-state index is 0.211. The summed E-state index contributed by atoms with van der Waals surface area (Å²) in [7, 11) is 0. The zero-order valence-electron chi connectivity index (χ0n) is 11.3. The maximum atomic E-state index is 12.5. The molecule has 0 amide bonds. The fraction of sp³-hybridized carbons (Fsp3) is 0.562. The van der Waals surface area contributed by atoms with Crippen molar-refractivity contribution in [1.29, 1.82) is 0 Å². The first-order valence-corrected chi connectivity index (χ1v) is 6.86.